The molecular formula is C29H45N3O2. The Morgan fingerprint density at radius 3 is 2.26 bits per heavy atom. The van der Waals surface area contributed by atoms with Gasteiger partial charge in [0, 0.05) is 18.6 Å². The average Bonchev–Trinajstić information content (AvgIpc) is 2.84. The Bertz CT molecular complexity index is 835. The van der Waals surface area contributed by atoms with E-state index in [1.807, 2.05) is 12.1 Å². The van der Waals surface area contributed by atoms with Gasteiger partial charge in [-0.15, -0.1) is 0 Å². The standard InChI is InChI=1S/C29H45N3O2/c1-5-7-8-25(30)20-31-29(34)28(19-24-13-16-26(33)17-14-24)32-27(22(4)6-2)18-15-23-11-9-21(3)10-12-23/h9-14,16-17,22,25,27-28,32-33H,5-8,15,18-20,30H2,1-4H3,(H,31,34)/t22-,25-,27+,28-/m0/s1. The predicted octanol–water partition coefficient (Wildman–Crippen LogP) is 4.88. The number of amides is 1. The zero-order valence-electron chi connectivity index (χ0n) is 21.5. The first kappa shape index (κ1) is 27.9. The third kappa shape index (κ3) is 9.86. The number of hydrogen-bond donors (Lipinski definition) is 4. The van der Waals surface area contributed by atoms with E-state index in [2.05, 4.69) is 62.6 Å². The lowest BCUT2D eigenvalue weighted by atomic mass is 9.91. The van der Waals surface area contributed by atoms with E-state index in [0.29, 0.717) is 18.9 Å². The number of benzene rings is 2. The summed E-state index contributed by atoms with van der Waals surface area (Å²) in [6, 6.07) is 15.7. The number of phenols is 1. The van der Waals surface area contributed by atoms with E-state index in [9.17, 15) is 9.90 Å². The van der Waals surface area contributed by atoms with Gasteiger partial charge in [-0.1, -0.05) is 82.0 Å². The lowest BCUT2D eigenvalue weighted by Crippen LogP contribution is -2.53. The molecule has 0 radical (unpaired) electrons. The molecule has 1 amide bonds. The van der Waals surface area contributed by atoms with Crippen LogP contribution in [0.5, 0.6) is 5.75 Å². The fourth-order valence-corrected chi connectivity index (χ4v) is 4.17. The highest BCUT2D eigenvalue weighted by atomic mass is 16.3. The number of nitrogens with two attached hydrogens (primary N) is 1. The minimum Gasteiger partial charge on any atom is -0.508 e. The topological polar surface area (TPSA) is 87.4 Å². The Hall–Kier alpha value is -2.37. The second-order valence-corrected chi connectivity index (χ2v) is 9.75. The number of nitrogens with one attached hydrogen (secondary N) is 2. The smallest absolute Gasteiger partial charge is 0.237 e. The van der Waals surface area contributed by atoms with Crippen LogP contribution in [0, 0.1) is 12.8 Å². The van der Waals surface area contributed by atoms with Crippen LogP contribution in [0.25, 0.3) is 0 Å². The van der Waals surface area contributed by atoms with E-state index in [1.165, 1.54) is 11.1 Å². The minimum absolute atomic E-state index is 0.0105. The van der Waals surface area contributed by atoms with Crippen molar-refractivity contribution in [2.75, 3.05) is 6.54 Å². The Morgan fingerprint density at radius 2 is 1.65 bits per heavy atom. The maximum Gasteiger partial charge on any atom is 0.237 e. The first-order valence-electron chi connectivity index (χ1n) is 12.9. The van der Waals surface area contributed by atoms with Crippen molar-refractivity contribution >= 4 is 5.91 Å². The van der Waals surface area contributed by atoms with Gasteiger partial charge in [0.25, 0.3) is 0 Å². The first-order valence-corrected chi connectivity index (χ1v) is 12.9. The Balaban J connectivity index is 2.11. The molecule has 5 heteroatoms. The number of carbonyl (C=O) groups excluding carboxylic acids is 1. The molecule has 0 aliphatic heterocycles. The number of rotatable bonds is 15. The molecule has 0 heterocycles. The van der Waals surface area contributed by atoms with Crippen molar-refractivity contribution < 1.29 is 9.90 Å². The fourth-order valence-electron chi connectivity index (χ4n) is 4.17. The van der Waals surface area contributed by atoms with Crippen molar-refractivity contribution in [1.29, 1.82) is 0 Å². The highest BCUT2D eigenvalue weighted by Crippen LogP contribution is 2.18. The summed E-state index contributed by atoms with van der Waals surface area (Å²) in [5.41, 5.74) is 9.81. The molecule has 2 aromatic rings. The van der Waals surface area contributed by atoms with Crippen LogP contribution in [0.1, 0.15) is 69.6 Å². The van der Waals surface area contributed by atoms with Crippen LogP contribution in [0.15, 0.2) is 48.5 Å². The summed E-state index contributed by atoms with van der Waals surface area (Å²) < 4.78 is 0. The van der Waals surface area contributed by atoms with Gasteiger partial charge >= 0.3 is 0 Å². The molecule has 5 nitrogen and oxygen atoms in total. The maximum atomic E-state index is 13.3. The third-order valence-corrected chi connectivity index (χ3v) is 6.77. The van der Waals surface area contributed by atoms with Crippen LogP contribution in [0.4, 0.5) is 0 Å². The molecule has 34 heavy (non-hydrogen) atoms. The second-order valence-electron chi connectivity index (χ2n) is 9.75. The number of carbonyl (C=O) groups is 1. The highest BCUT2D eigenvalue weighted by Gasteiger charge is 2.25. The lowest BCUT2D eigenvalue weighted by Gasteiger charge is -2.30. The molecule has 0 fully saturated rings. The zero-order valence-corrected chi connectivity index (χ0v) is 21.5. The molecule has 2 rings (SSSR count). The molecule has 0 aliphatic carbocycles. The molecular weight excluding hydrogens is 422 g/mol. The molecule has 0 spiro atoms. The summed E-state index contributed by atoms with van der Waals surface area (Å²) in [6.07, 6.45) is 6.63. The number of aryl methyl sites for hydroxylation is 2. The Labute approximate surface area is 206 Å². The maximum absolute atomic E-state index is 13.3. The van der Waals surface area contributed by atoms with Crippen molar-refractivity contribution in [3.63, 3.8) is 0 Å². The summed E-state index contributed by atoms with van der Waals surface area (Å²) in [5, 5.41) is 16.4. The van der Waals surface area contributed by atoms with Crippen LogP contribution >= 0.6 is 0 Å². The molecule has 4 atom stereocenters. The molecule has 0 saturated carbocycles. The largest absolute Gasteiger partial charge is 0.508 e. The molecule has 5 N–H and O–H groups in total. The van der Waals surface area contributed by atoms with E-state index in [4.69, 9.17) is 5.73 Å². The van der Waals surface area contributed by atoms with Crippen LogP contribution in [0.2, 0.25) is 0 Å². The molecule has 188 valence electrons. The fraction of sp³-hybridized carbons (Fsp3) is 0.552. The molecule has 0 bridgehead atoms. The van der Waals surface area contributed by atoms with Gasteiger partial charge in [0.1, 0.15) is 5.75 Å². The van der Waals surface area contributed by atoms with Crippen molar-refractivity contribution in [2.24, 2.45) is 11.7 Å². The number of hydrogen-bond acceptors (Lipinski definition) is 4. The monoisotopic (exact) mass is 467 g/mol. The molecule has 2 aromatic carbocycles. The minimum atomic E-state index is -0.361. The quantitative estimate of drug-likeness (QED) is 0.301. The van der Waals surface area contributed by atoms with Gasteiger partial charge in [-0.2, -0.15) is 0 Å². The van der Waals surface area contributed by atoms with Gasteiger partial charge in [0.15, 0.2) is 0 Å². The van der Waals surface area contributed by atoms with Crippen LogP contribution < -0.4 is 16.4 Å². The average molecular weight is 468 g/mol. The summed E-state index contributed by atoms with van der Waals surface area (Å²) in [5.74, 6) is 0.659. The molecule has 0 aromatic heterocycles. The second kappa shape index (κ2) is 14.8. The van der Waals surface area contributed by atoms with Gasteiger partial charge < -0.3 is 21.5 Å². The van der Waals surface area contributed by atoms with Crippen molar-refractivity contribution in [2.45, 2.75) is 90.8 Å². The first-order chi connectivity index (χ1) is 16.3. The van der Waals surface area contributed by atoms with E-state index in [-0.39, 0.29) is 29.8 Å². The summed E-state index contributed by atoms with van der Waals surface area (Å²) in [7, 11) is 0. The number of unbranched alkanes of at least 4 members (excludes halogenated alkanes) is 1. The molecule has 0 unspecified atom stereocenters. The summed E-state index contributed by atoms with van der Waals surface area (Å²) >= 11 is 0. The Kier molecular flexibility index (Phi) is 12.1. The Morgan fingerprint density at radius 1 is 1.00 bits per heavy atom. The number of phenolic OH excluding ortho intramolecular Hbond substituents is 1. The summed E-state index contributed by atoms with van der Waals surface area (Å²) in [4.78, 5) is 13.3. The summed E-state index contributed by atoms with van der Waals surface area (Å²) in [6.45, 7) is 9.20. The van der Waals surface area contributed by atoms with Crippen molar-refractivity contribution in [3.8, 4) is 5.75 Å². The molecule has 0 aliphatic rings. The van der Waals surface area contributed by atoms with E-state index >= 15 is 0 Å². The normalized spacial score (nSPS) is 14.9. The molecule has 0 saturated heterocycles. The van der Waals surface area contributed by atoms with Gasteiger partial charge in [-0.3, -0.25) is 4.79 Å². The predicted molar refractivity (Wildman–Crippen MR) is 142 cm³/mol. The van der Waals surface area contributed by atoms with Gasteiger partial charge in [0.05, 0.1) is 6.04 Å². The highest BCUT2D eigenvalue weighted by molar-refractivity contribution is 5.82. The van der Waals surface area contributed by atoms with Gasteiger partial charge in [-0.05, 0) is 61.8 Å². The van der Waals surface area contributed by atoms with Crippen LogP contribution in [0.3, 0.4) is 0 Å². The van der Waals surface area contributed by atoms with E-state index in [1.54, 1.807) is 12.1 Å². The van der Waals surface area contributed by atoms with Crippen molar-refractivity contribution in [1.82, 2.24) is 10.6 Å². The number of aromatic hydroxyl groups is 1. The van der Waals surface area contributed by atoms with E-state index in [0.717, 1.165) is 44.1 Å². The van der Waals surface area contributed by atoms with Gasteiger partial charge in [-0.25, -0.2) is 0 Å². The van der Waals surface area contributed by atoms with Gasteiger partial charge in [0.2, 0.25) is 5.91 Å². The third-order valence-electron chi connectivity index (χ3n) is 6.77. The van der Waals surface area contributed by atoms with Crippen LogP contribution in [-0.2, 0) is 17.6 Å². The van der Waals surface area contributed by atoms with Crippen molar-refractivity contribution in [3.05, 3.63) is 65.2 Å². The van der Waals surface area contributed by atoms with E-state index < -0.39 is 0 Å². The zero-order chi connectivity index (χ0) is 24.9. The van der Waals surface area contributed by atoms with Crippen LogP contribution in [-0.4, -0.2) is 35.7 Å². The lowest BCUT2D eigenvalue weighted by molar-refractivity contribution is -0.123. The SMILES string of the molecule is CCCC[C@H](N)CNC(=O)[C@H](Cc1ccc(O)cc1)N[C@H](CCc1ccc(C)cc1)[C@@H](C)CC.